The zero-order chi connectivity index (χ0) is 14.9. The van der Waals surface area contributed by atoms with Crippen molar-refractivity contribution < 1.29 is 9.72 Å². The summed E-state index contributed by atoms with van der Waals surface area (Å²) in [5.41, 5.74) is -0.200. The van der Waals surface area contributed by atoms with E-state index in [1.807, 2.05) is 0 Å². The average Bonchev–Trinajstić information content (AvgIpc) is 2.77. The summed E-state index contributed by atoms with van der Waals surface area (Å²) >= 11 is 11.6. The quantitative estimate of drug-likeness (QED) is 0.680. The van der Waals surface area contributed by atoms with E-state index in [4.69, 9.17) is 23.2 Å². The lowest BCUT2D eigenvalue weighted by Gasteiger charge is -2.17. The normalized spacial score (nSPS) is 21.8. The van der Waals surface area contributed by atoms with Gasteiger partial charge in [0.05, 0.1) is 9.95 Å². The number of hydrogen-bond donors (Lipinski definition) is 1. The third-order valence-electron chi connectivity index (χ3n) is 3.65. The van der Waals surface area contributed by atoms with Crippen LogP contribution in [0.15, 0.2) is 12.1 Å². The first-order valence-electron chi connectivity index (χ1n) is 6.34. The molecule has 108 valence electrons. The lowest BCUT2D eigenvalue weighted by molar-refractivity contribution is -0.384. The Morgan fingerprint density at radius 2 is 2.10 bits per heavy atom. The van der Waals surface area contributed by atoms with E-state index in [1.165, 1.54) is 6.07 Å². The van der Waals surface area contributed by atoms with Crippen LogP contribution in [0, 0.1) is 16.0 Å². The highest BCUT2D eigenvalue weighted by Gasteiger charge is 2.26. The molecule has 0 radical (unpaired) electrons. The van der Waals surface area contributed by atoms with Crippen LogP contribution in [0.3, 0.4) is 0 Å². The molecule has 1 aliphatic carbocycles. The zero-order valence-electron chi connectivity index (χ0n) is 10.9. The van der Waals surface area contributed by atoms with Crippen LogP contribution in [0.4, 0.5) is 5.69 Å². The Balaban J connectivity index is 2.24. The number of halogens is 2. The van der Waals surface area contributed by atoms with E-state index < -0.39 is 4.92 Å². The van der Waals surface area contributed by atoms with Gasteiger partial charge in [-0.2, -0.15) is 0 Å². The molecule has 0 bridgehead atoms. The van der Waals surface area contributed by atoms with Crippen molar-refractivity contribution in [2.45, 2.75) is 32.2 Å². The summed E-state index contributed by atoms with van der Waals surface area (Å²) in [4.78, 5) is 22.4. The van der Waals surface area contributed by atoms with Crippen molar-refractivity contribution in [1.82, 2.24) is 5.32 Å². The molecule has 0 spiro atoms. The minimum Gasteiger partial charge on any atom is -0.349 e. The third kappa shape index (κ3) is 3.04. The van der Waals surface area contributed by atoms with E-state index in [9.17, 15) is 14.9 Å². The van der Waals surface area contributed by atoms with Crippen LogP contribution in [0.2, 0.25) is 10.0 Å². The van der Waals surface area contributed by atoms with Gasteiger partial charge < -0.3 is 5.32 Å². The summed E-state index contributed by atoms with van der Waals surface area (Å²) in [6.45, 7) is 2.08. The molecule has 0 heterocycles. The summed E-state index contributed by atoms with van der Waals surface area (Å²) in [6.07, 6.45) is 3.08. The Morgan fingerprint density at radius 1 is 1.40 bits per heavy atom. The fourth-order valence-corrected chi connectivity index (χ4v) is 2.84. The molecule has 5 nitrogen and oxygen atoms in total. The number of nitro benzene ring substituents is 1. The maximum Gasteiger partial charge on any atom is 0.290 e. The van der Waals surface area contributed by atoms with Gasteiger partial charge in [-0.3, -0.25) is 14.9 Å². The molecule has 1 aromatic rings. The Hall–Kier alpha value is -1.33. The largest absolute Gasteiger partial charge is 0.349 e. The third-order valence-corrected chi connectivity index (χ3v) is 4.44. The minimum atomic E-state index is -0.650. The van der Waals surface area contributed by atoms with E-state index in [2.05, 4.69) is 12.2 Å². The number of amides is 1. The molecule has 0 saturated heterocycles. The maximum absolute atomic E-state index is 12.1. The van der Waals surface area contributed by atoms with Crippen LogP contribution in [0.25, 0.3) is 0 Å². The van der Waals surface area contributed by atoms with Crippen molar-refractivity contribution in [3.8, 4) is 0 Å². The summed E-state index contributed by atoms with van der Waals surface area (Å²) in [7, 11) is 0. The van der Waals surface area contributed by atoms with Crippen molar-refractivity contribution in [2.75, 3.05) is 0 Å². The molecular formula is C13H14Cl2N2O3. The summed E-state index contributed by atoms with van der Waals surface area (Å²) < 4.78 is 0. The molecule has 2 rings (SSSR count). The zero-order valence-corrected chi connectivity index (χ0v) is 12.4. The number of rotatable bonds is 3. The second kappa shape index (κ2) is 5.97. The summed E-state index contributed by atoms with van der Waals surface area (Å²) in [5, 5.41) is 13.6. The Morgan fingerprint density at radius 3 is 2.65 bits per heavy atom. The second-order valence-electron chi connectivity index (χ2n) is 5.04. The van der Waals surface area contributed by atoms with Crippen molar-refractivity contribution in [1.29, 1.82) is 0 Å². The number of nitro groups is 1. The highest BCUT2D eigenvalue weighted by atomic mass is 35.5. The Labute approximate surface area is 126 Å². The number of carbonyl (C=O) groups is 1. The molecular weight excluding hydrogens is 303 g/mol. The number of benzene rings is 1. The van der Waals surface area contributed by atoms with Crippen molar-refractivity contribution in [2.24, 2.45) is 5.92 Å². The van der Waals surface area contributed by atoms with Gasteiger partial charge in [0.2, 0.25) is 0 Å². The predicted molar refractivity (Wildman–Crippen MR) is 77.4 cm³/mol. The maximum atomic E-state index is 12.1. The van der Waals surface area contributed by atoms with Gasteiger partial charge in [-0.1, -0.05) is 36.5 Å². The topological polar surface area (TPSA) is 72.2 Å². The standard InChI is InChI=1S/C13H14Cl2N2O3/c1-7-3-2-4-10(7)16-13(18)8-5-9(14)12(15)11(6-8)17(19)20/h5-7,10H,2-4H2,1H3,(H,16,18). The number of hydrogen-bond acceptors (Lipinski definition) is 3. The lowest BCUT2D eigenvalue weighted by Crippen LogP contribution is -2.36. The summed E-state index contributed by atoms with van der Waals surface area (Å²) in [6, 6.07) is 2.62. The van der Waals surface area contributed by atoms with Crippen LogP contribution >= 0.6 is 23.2 Å². The van der Waals surface area contributed by atoms with Gasteiger partial charge >= 0.3 is 0 Å². The smallest absolute Gasteiger partial charge is 0.290 e. The molecule has 0 aliphatic heterocycles. The molecule has 1 aromatic carbocycles. The number of carbonyl (C=O) groups excluding carboxylic acids is 1. The molecule has 1 saturated carbocycles. The van der Waals surface area contributed by atoms with E-state index in [1.54, 1.807) is 0 Å². The van der Waals surface area contributed by atoms with Gasteiger partial charge in [-0.15, -0.1) is 0 Å². The molecule has 1 fully saturated rings. The van der Waals surface area contributed by atoms with E-state index >= 15 is 0 Å². The van der Waals surface area contributed by atoms with Crippen molar-refractivity contribution in [3.05, 3.63) is 37.9 Å². The van der Waals surface area contributed by atoms with E-state index in [-0.39, 0.29) is 33.2 Å². The fourth-order valence-electron chi connectivity index (χ4n) is 2.45. The summed E-state index contributed by atoms with van der Waals surface area (Å²) in [5.74, 6) is 0.0575. The highest BCUT2D eigenvalue weighted by Crippen LogP contribution is 2.33. The van der Waals surface area contributed by atoms with Crippen LogP contribution in [0.5, 0.6) is 0 Å². The van der Waals surface area contributed by atoms with Gasteiger partial charge in [0, 0.05) is 17.7 Å². The van der Waals surface area contributed by atoms with E-state index in [0.29, 0.717) is 5.92 Å². The minimum absolute atomic E-state index is 0.00508. The van der Waals surface area contributed by atoms with Crippen LogP contribution in [0.1, 0.15) is 36.5 Å². The van der Waals surface area contributed by atoms with Crippen LogP contribution in [-0.4, -0.2) is 16.9 Å². The molecule has 1 amide bonds. The molecule has 7 heteroatoms. The van der Waals surface area contributed by atoms with Gasteiger partial charge in [0.1, 0.15) is 5.02 Å². The van der Waals surface area contributed by atoms with Gasteiger partial charge in [-0.25, -0.2) is 0 Å². The lowest BCUT2D eigenvalue weighted by atomic mass is 10.1. The first-order valence-corrected chi connectivity index (χ1v) is 7.10. The molecule has 2 unspecified atom stereocenters. The van der Waals surface area contributed by atoms with Crippen LogP contribution < -0.4 is 5.32 Å². The molecule has 1 aliphatic rings. The molecule has 0 aromatic heterocycles. The van der Waals surface area contributed by atoms with Crippen LogP contribution in [-0.2, 0) is 0 Å². The second-order valence-corrected chi connectivity index (χ2v) is 5.82. The van der Waals surface area contributed by atoms with Crippen molar-refractivity contribution >= 4 is 34.8 Å². The van der Waals surface area contributed by atoms with Gasteiger partial charge in [0.15, 0.2) is 0 Å². The van der Waals surface area contributed by atoms with Gasteiger partial charge in [0.25, 0.3) is 11.6 Å². The highest BCUT2D eigenvalue weighted by molar-refractivity contribution is 6.43. The predicted octanol–water partition coefficient (Wildman–Crippen LogP) is 3.82. The fraction of sp³-hybridized carbons (Fsp3) is 0.462. The monoisotopic (exact) mass is 316 g/mol. The number of nitrogens with zero attached hydrogens (tertiary/aromatic N) is 1. The Kier molecular flexibility index (Phi) is 4.50. The molecule has 20 heavy (non-hydrogen) atoms. The average molecular weight is 317 g/mol. The first kappa shape index (κ1) is 15.1. The SMILES string of the molecule is CC1CCCC1NC(=O)c1cc(Cl)c(Cl)c([N+](=O)[O-])c1. The number of nitrogens with one attached hydrogen (secondary N) is 1. The Bertz CT molecular complexity index is 563. The van der Waals surface area contributed by atoms with Crippen molar-refractivity contribution in [3.63, 3.8) is 0 Å². The van der Waals surface area contributed by atoms with E-state index in [0.717, 1.165) is 25.3 Å². The van der Waals surface area contributed by atoms with Gasteiger partial charge in [-0.05, 0) is 24.8 Å². The first-order chi connectivity index (χ1) is 9.40. The molecule has 2 atom stereocenters. The molecule has 1 N–H and O–H groups in total.